The lowest BCUT2D eigenvalue weighted by Gasteiger charge is -2.23. The Hall–Kier alpha value is -1.42. The number of nitrogens with two attached hydrogens (primary N) is 1. The SMILES string of the molecule is CCN(CCC(N)c1ccccc1Cl)Cc1ccncc1. The fourth-order valence-corrected chi connectivity index (χ4v) is 2.62. The molecule has 1 heterocycles. The van der Waals surface area contributed by atoms with Crippen LogP contribution in [0.1, 0.15) is 30.5 Å². The molecule has 1 aromatic heterocycles. The summed E-state index contributed by atoms with van der Waals surface area (Å²) < 4.78 is 0. The largest absolute Gasteiger partial charge is 0.324 e. The molecule has 21 heavy (non-hydrogen) atoms. The third kappa shape index (κ3) is 4.81. The van der Waals surface area contributed by atoms with Crippen molar-refractivity contribution in [1.29, 1.82) is 0 Å². The Morgan fingerprint density at radius 2 is 1.90 bits per heavy atom. The summed E-state index contributed by atoms with van der Waals surface area (Å²) in [5, 5.41) is 0.752. The highest BCUT2D eigenvalue weighted by Gasteiger charge is 2.11. The Labute approximate surface area is 131 Å². The average molecular weight is 304 g/mol. The molecule has 0 spiro atoms. The van der Waals surface area contributed by atoms with Gasteiger partial charge in [-0.05, 0) is 42.3 Å². The molecule has 0 radical (unpaired) electrons. The van der Waals surface area contributed by atoms with E-state index in [1.807, 2.05) is 36.7 Å². The lowest BCUT2D eigenvalue weighted by atomic mass is 10.0. The van der Waals surface area contributed by atoms with E-state index in [1.54, 1.807) is 0 Å². The molecular formula is C17H22ClN3. The normalized spacial score (nSPS) is 12.6. The molecule has 3 nitrogen and oxygen atoms in total. The maximum atomic E-state index is 6.27. The van der Waals surface area contributed by atoms with E-state index in [4.69, 9.17) is 17.3 Å². The predicted molar refractivity (Wildman–Crippen MR) is 88.2 cm³/mol. The second-order valence-electron chi connectivity index (χ2n) is 5.14. The van der Waals surface area contributed by atoms with Crippen molar-refractivity contribution >= 4 is 11.6 Å². The summed E-state index contributed by atoms with van der Waals surface area (Å²) in [6.07, 6.45) is 4.56. The van der Waals surface area contributed by atoms with Crippen molar-refractivity contribution < 1.29 is 0 Å². The smallest absolute Gasteiger partial charge is 0.0453 e. The Kier molecular flexibility index (Phi) is 6.18. The summed E-state index contributed by atoms with van der Waals surface area (Å²) in [6, 6.07) is 11.9. The molecule has 0 amide bonds. The van der Waals surface area contributed by atoms with Crippen molar-refractivity contribution in [3.8, 4) is 0 Å². The van der Waals surface area contributed by atoms with Crippen molar-refractivity contribution in [2.45, 2.75) is 25.9 Å². The van der Waals surface area contributed by atoms with Gasteiger partial charge in [0.1, 0.15) is 0 Å². The molecular weight excluding hydrogens is 282 g/mol. The van der Waals surface area contributed by atoms with Crippen molar-refractivity contribution in [2.75, 3.05) is 13.1 Å². The van der Waals surface area contributed by atoms with Gasteiger partial charge in [-0.15, -0.1) is 0 Å². The first-order chi connectivity index (χ1) is 10.2. The van der Waals surface area contributed by atoms with Crippen LogP contribution in [-0.2, 0) is 6.54 Å². The molecule has 2 aromatic rings. The first-order valence-electron chi connectivity index (χ1n) is 7.32. The monoisotopic (exact) mass is 303 g/mol. The van der Waals surface area contributed by atoms with E-state index in [9.17, 15) is 0 Å². The Morgan fingerprint density at radius 3 is 2.57 bits per heavy atom. The third-order valence-corrected chi connectivity index (χ3v) is 4.01. The first-order valence-corrected chi connectivity index (χ1v) is 7.69. The minimum atomic E-state index is -0.0230. The number of halogens is 1. The average Bonchev–Trinajstić information content (AvgIpc) is 2.52. The zero-order valence-corrected chi connectivity index (χ0v) is 13.1. The molecule has 0 fully saturated rings. The second-order valence-corrected chi connectivity index (χ2v) is 5.55. The summed E-state index contributed by atoms with van der Waals surface area (Å²) in [5.41, 5.74) is 8.57. The molecule has 0 aliphatic rings. The maximum Gasteiger partial charge on any atom is 0.0453 e. The van der Waals surface area contributed by atoms with E-state index >= 15 is 0 Å². The fraction of sp³-hybridized carbons (Fsp3) is 0.353. The van der Waals surface area contributed by atoms with Crippen LogP contribution >= 0.6 is 11.6 Å². The van der Waals surface area contributed by atoms with Gasteiger partial charge < -0.3 is 5.73 Å². The molecule has 2 rings (SSSR count). The van der Waals surface area contributed by atoms with Crippen molar-refractivity contribution in [3.63, 3.8) is 0 Å². The van der Waals surface area contributed by atoms with Crippen LogP contribution < -0.4 is 5.73 Å². The van der Waals surface area contributed by atoms with Crippen molar-refractivity contribution in [3.05, 3.63) is 64.9 Å². The quantitative estimate of drug-likeness (QED) is 0.849. The molecule has 0 saturated heterocycles. The first kappa shape index (κ1) is 16.0. The van der Waals surface area contributed by atoms with Crippen LogP contribution in [0.2, 0.25) is 5.02 Å². The van der Waals surface area contributed by atoms with Crippen LogP contribution in [0.25, 0.3) is 0 Å². The third-order valence-electron chi connectivity index (χ3n) is 3.66. The van der Waals surface area contributed by atoms with Gasteiger partial charge in [0.15, 0.2) is 0 Å². The summed E-state index contributed by atoms with van der Waals surface area (Å²) in [6.45, 7) is 5.04. The number of hydrogen-bond acceptors (Lipinski definition) is 3. The molecule has 112 valence electrons. The van der Waals surface area contributed by atoms with E-state index in [0.717, 1.165) is 36.6 Å². The van der Waals surface area contributed by atoms with E-state index in [2.05, 4.69) is 28.9 Å². The van der Waals surface area contributed by atoms with E-state index in [0.29, 0.717) is 0 Å². The van der Waals surface area contributed by atoms with Crippen molar-refractivity contribution in [2.24, 2.45) is 5.73 Å². The number of rotatable bonds is 7. The Morgan fingerprint density at radius 1 is 1.19 bits per heavy atom. The van der Waals surface area contributed by atoms with Gasteiger partial charge in [0.2, 0.25) is 0 Å². The summed E-state index contributed by atoms with van der Waals surface area (Å²) in [7, 11) is 0. The lowest BCUT2D eigenvalue weighted by Crippen LogP contribution is -2.27. The van der Waals surface area contributed by atoms with Gasteiger partial charge in [0.25, 0.3) is 0 Å². The summed E-state index contributed by atoms with van der Waals surface area (Å²) in [5.74, 6) is 0. The van der Waals surface area contributed by atoms with E-state index in [-0.39, 0.29) is 6.04 Å². The topological polar surface area (TPSA) is 42.1 Å². The molecule has 1 unspecified atom stereocenters. The minimum absolute atomic E-state index is 0.0230. The van der Waals surface area contributed by atoms with Gasteiger partial charge >= 0.3 is 0 Å². The van der Waals surface area contributed by atoms with Crippen LogP contribution in [0, 0.1) is 0 Å². The standard InChI is InChI=1S/C17H22ClN3/c1-2-21(13-14-7-10-20-11-8-14)12-9-17(19)15-5-3-4-6-16(15)18/h3-8,10-11,17H,2,9,12-13,19H2,1H3. The Balaban J connectivity index is 1.90. The highest BCUT2D eigenvalue weighted by molar-refractivity contribution is 6.31. The number of nitrogens with zero attached hydrogens (tertiary/aromatic N) is 2. The minimum Gasteiger partial charge on any atom is -0.324 e. The van der Waals surface area contributed by atoms with Gasteiger partial charge in [-0.25, -0.2) is 0 Å². The molecule has 2 N–H and O–H groups in total. The van der Waals surface area contributed by atoms with Crippen LogP contribution in [0.4, 0.5) is 0 Å². The molecule has 0 bridgehead atoms. The van der Waals surface area contributed by atoms with Gasteiger partial charge in [-0.3, -0.25) is 9.88 Å². The summed E-state index contributed by atoms with van der Waals surface area (Å²) >= 11 is 6.20. The van der Waals surface area contributed by atoms with Gasteiger partial charge in [0.05, 0.1) is 0 Å². The Bertz CT molecular complexity index is 545. The molecule has 0 aliphatic carbocycles. The molecule has 4 heteroatoms. The van der Waals surface area contributed by atoms with Gasteiger partial charge in [-0.1, -0.05) is 36.7 Å². The van der Waals surface area contributed by atoms with Gasteiger partial charge in [0, 0.05) is 36.5 Å². The van der Waals surface area contributed by atoms with E-state index < -0.39 is 0 Å². The fourth-order valence-electron chi connectivity index (χ4n) is 2.35. The van der Waals surface area contributed by atoms with E-state index in [1.165, 1.54) is 5.56 Å². The van der Waals surface area contributed by atoms with Crippen LogP contribution in [0.3, 0.4) is 0 Å². The number of aromatic nitrogens is 1. The number of pyridine rings is 1. The summed E-state index contributed by atoms with van der Waals surface area (Å²) in [4.78, 5) is 6.43. The highest BCUT2D eigenvalue weighted by Crippen LogP contribution is 2.23. The molecule has 1 atom stereocenters. The maximum absolute atomic E-state index is 6.27. The zero-order chi connectivity index (χ0) is 15.1. The second kappa shape index (κ2) is 8.13. The molecule has 0 saturated carbocycles. The number of hydrogen-bond donors (Lipinski definition) is 1. The van der Waals surface area contributed by atoms with Gasteiger partial charge in [-0.2, -0.15) is 0 Å². The molecule has 0 aliphatic heterocycles. The zero-order valence-electron chi connectivity index (χ0n) is 12.4. The van der Waals surface area contributed by atoms with Crippen LogP contribution in [0.5, 0.6) is 0 Å². The molecule has 1 aromatic carbocycles. The van der Waals surface area contributed by atoms with Crippen LogP contribution in [-0.4, -0.2) is 23.0 Å². The predicted octanol–water partition coefficient (Wildman–Crippen LogP) is 3.65. The van der Waals surface area contributed by atoms with Crippen LogP contribution in [0.15, 0.2) is 48.8 Å². The highest BCUT2D eigenvalue weighted by atomic mass is 35.5. The number of benzene rings is 1. The van der Waals surface area contributed by atoms with Crippen molar-refractivity contribution in [1.82, 2.24) is 9.88 Å². The lowest BCUT2D eigenvalue weighted by molar-refractivity contribution is 0.268.